The number of thiazole rings is 1. The minimum Gasteiger partial charge on any atom is -0.347 e. The average Bonchev–Trinajstić information content (AvgIpc) is 3.32. The molecule has 0 spiro atoms. The van der Waals surface area contributed by atoms with Crippen LogP contribution in [-0.2, 0) is 16.6 Å². The fourth-order valence-electron chi connectivity index (χ4n) is 2.78. The molecule has 0 bridgehead atoms. The van der Waals surface area contributed by atoms with Gasteiger partial charge in [0.05, 0.1) is 26.2 Å². The number of hydrogen-bond acceptors (Lipinski definition) is 6. The van der Waals surface area contributed by atoms with Crippen LogP contribution in [0.15, 0.2) is 60.7 Å². The Morgan fingerprint density at radius 3 is 2.66 bits per heavy atom. The second-order valence-electron chi connectivity index (χ2n) is 6.41. The summed E-state index contributed by atoms with van der Waals surface area (Å²) in [6.07, 6.45) is 1.10. The third kappa shape index (κ3) is 4.81. The number of aromatic nitrogens is 1. The third-order valence-electron chi connectivity index (χ3n) is 4.02. The molecule has 2 heterocycles. The highest BCUT2D eigenvalue weighted by Crippen LogP contribution is 2.34. The van der Waals surface area contributed by atoms with Crippen LogP contribution < -0.4 is 10.0 Å². The Hall–Kier alpha value is -2.75. The number of benzene rings is 2. The highest BCUT2D eigenvalue weighted by Gasteiger charge is 2.13. The van der Waals surface area contributed by atoms with Crippen LogP contribution in [0.5, 0.6) is 0 Å². The highest BCUT2D eigenvalue weighted by molar-refractivity contribution is 7.92. The van der Waals surface area contributed by atoms with Gasteiger partial charge in [-0.25, -0.2) is 13.4 Å². The molecule has 0 fully saturated rings. The number of rotatable bonds is 6. The Kier molecular flexibility index (Phi) is 5.35. The van der Waals surface area contributed by atoms with Crippen LogP contribution in [0.25, 0.3) is 20.1 Å². The van der Waals surface area contributed by atoms with E-state index in [1.165, 1.54) is 11.3 Å². The van der Waals surface area contributed by atoms with Gasteiger partial charge in [0.25, 0.3) is 5.91 Å². The van der Waals surface area contributed by atoms with E-state index < -0.39 is 10.0 Å². The summed E-state index contributed by atoms with van der Waals surface area (Å²) >= 11 is 3.00. The number of nitrogens with zero attached hydrogens (tertiary/aromatic N) is 1. The van der Waals surface area contributed by atoms with Gasteiger partial charge in [0, 0.05) is 12.2 Å². The number of amides is 1. The third-order valence-corrected chi connectivity index (χ3v) is 6.91. The summed E-state index contributed by atoms with van der Waals surface area (Å²) in [7, 11) is -3.34. The molecule has 148 valence electrons. The molecule has 2 aromatic heterocycles. The lowest BCUT2D eigenvalue weighted by Crippen LogP contribution is -2.21. The molecule has 0 aliphatic heterocycles. The maximum atomic E-state index is 12.5. The topological polar surface area (TPSA) is 88.2 Å². The van der Waals surface area contributed by atoms with E-state index in [2.05, 4.69) is 15.0 Å². The standard InChI is InChI=1S/C20H17N3O3S3/c1-29(25,26)23-14-6-4-5-13(11-14)12-21-19(24)17-9-10-18(27-17)20-22-15-7-2-3-8-16(15)28-20/h2-11,23H,12H2,1H3,(H,21,24). The Morgan fingerprint density at radius 2 is 1.86 bits per heavy atom. The largest absolute Gasteiger partial charge is 0.347 e. The molecule has 4 aromatic rings. The molecule has 0 aliphatic rings. The van der Waals surface area contributed by atoms with Crippen molar-refractivity contribution in [3.05, 3.63) is 71.1 Å². The Balaban J connectivity index is 1.44. The van der Waals surface area contributed by atoms with Crippen LogP contribution >= 0.6 is 22.7 Å². The maximum absolute atomic E-state index is 12.5. The monoisotopic (exact) mass is 443 g/mol. The first-order valence-corrected chi connectivity index (χ1v) is 12.2. The van der Waals surface area contributed by atoms with Gasteiger partial charge in [-0.2, -0.15) is 0 Å². The zero-order chi connectivity index (χ0) is 20.4. The molecular weight excluding hydrogens is 426 g/mol. The molecule has 0 atom stereocenters. The van der Waals surface area contributed by atoms with Gasteiger partial charge in [0.15, 0.2) is 0 Å². The van der Waals surface area contributed by atoms with Crippen LogP contribution in [0.2, 0.25) is 0 Å². The van der Waals surface area contributed by atoms with E-state index in [-0.39, 0.29) is 5.91 Å². The van der Waals surface area contributed by atoms with Crippen molar-refractivity contribution in [3.8, 4) is 9.88 Å². The van der Waals surface area contributed by atoms with Gasteiger partial charge in [0.1, 0.15) is 5.01 Å². The molecule has 0 unspecified atom stereocenters. The zero-order valence-corrected chi connectivity index (χ0v) is 17.8. The summed E-state index contributed by atoms with van der Waals surface area (Å²) in [5, 5.41) is 3.77. The number of anilines is 1. The number of para-hydroxylation sites is 1. The van der Waals surface area contributed by atoms with Crippen molar-refractivity contribution in [1.29, 1.82) is 0 Å². The molecule has 2 N–H and O–H groups in total. The smallest absolute Gasteiger partial charge is 0.261 e. The van der Waals surface area contributed by atoms with Crippen molar-refractivity contribution in [2.75, 3.05) is 11.0 Å². The fraction of sp³-hybridized carbons (Fsp3) is 0.100. The molecule has 1 amide bonds. The molecule has 9 heteroatoms. The van der Waals surface area contributed by atoms with Gasteiger partial charge in [-0.1, -0.05) is 24.3 Å². The number of fused-ring (bicyclic) bond motifs is 1. The summed E-state index contributed by atoms with van der Waals surface area (Å²) in [5.74, 6) is -0.177. The van der Waals surface area contributed by atoms with Crippen LogP contribution in [0, 0.1) is 0 Å². The molecule has 0 saturated carbocycles. The minimum atomic E-state index is -3.34. The van der Waals surface area contributed by atoms with E-state index in [4.69, 9.17) is 0 Å². The van der Waals surface area contributed by atoms with E-state index >= 15 is 0 Å². The predicted octanol–water partition coefficient (Wildman–Crippen LogP) is 4.33. The number of hydrogen-bond donors (Lipinski definition) is 2. The molecule has 29 heavy (non-hydrogen) atoms. The van der Waals surface area contributed by atoms with Gasteiger partial charge in [0.2, 0.25) is 10.0 Å². The second-order valence-corrected chi connectivity index (χ2v) is 10.3. The number of sulfonamides is 1. The van der Waals surface area contributed by atoms with E-state index in [9.17, 15) is 13.2 Å². The van der Waals surface area contributed by atoms with E-state index in [1.807, 2.05) is 36.4 Å². The van der Waals surface area contributed by atoms with Crippen molar-refractivity contribution >= 4 is 54.5 Å². The number of thiophene rings is 1. The van der Waals surface area contributed by atoms with Crippen LogP contribution in [0.4, 0.5) is 5.69 Å². The van der Waals surface area contributed by atoms with Crippen LogP contribution in [0.1, 0.15) is 15.2 Å². The van der Waals surface area contributed by atoms with Crippen molar-refractivity contribution in [3.63, 3.8) is 0 Å². The second kappa shape index (κ2) is 7.94. The number of carbonyl (C=O) groups excluding carboxylic acids is 1. The lowest BCUT2D eigenvalue weighted by Gasteiger charge is -2.07. The number of carbonyl (C=O) groups is 1. The molecule has 6 nitrogen and oxygen atoms in total. The SMILES string of the molecule is CS(=O)(=O)Nc1cccc(CNC(=O)c2ccc(-c3nc4ccccc4s3)s2)c1. The van der Waals surface area contributed by atoms with Gasteiger partial charge in [-0.15, -0.1) is 22.7 Å². The summed E-state index contributed by atoms with van der Waals surface area (Å²) in [6, 6.07) is 18.6. The fourth-order valence-corrected chi connectivity index (χ4v) is 5.28. The first-order valence-electron chi connectivity index (χ1n) is 8.68. The van der Waals surface area contributed by atoms with Gasteiger partial charge >= 0.3 is 0 Å². The van der Waals surface area contributed by atoms with Gasteiger partial charge < -0.3 is 5.32 Å². The normalized spacial score (nSPS) is 11.5. The predicted molar refractivity (Wildman–Crippen MR) is 119 cm³/mol. The Labute approximate surface area is 176 Å². The quantitative estimate of drug-likeness (QED) is 0.464. The molecule has 0 saturated heterocycles. The van der Waals surface area contributed by atoms with Crippen LogP contribution in [0.3, 0.4) is 0 Å². The summed E-state index contributed by atoms with van der Waals surface area (Å²) in [5.41, 5.74) is 2.22. The number of nitrogens with one attached hydrogen (secondary N) is 2. The molecule has 4 rings (SSSR count). The van der Waals surface area contributed by atoms with Crippen molar-refractivity contribution in [2.24, 2.45) is 0 Å². The Bertz CT molecular complexity index is 1260. The lowest BCUT2D eigenvalue weighted by atomic mass is 10.2. The molecule has 0 aliphatic carbocycles. The van der Waals surface area contributed by atoms with E-state index in [1.54, 1.807) is 35.6 Å². The molecular formula is C20H17N3O3S3. The summed E-state index contributed by atoms with van der Waals surface area (Å²) in [6.45, 7) is 0.298. The van der Waals surface area contributed by atoms with E-state index in [0.29, 0.717) is 17.1 Å². The molecule has 2 aromatic carbocycles. The van der Waals surface area contributed by atoms with Gasteiger partial charge in [-0.05, 0) is 42.0 Å². The summed E-state index contributed by atoms with van der Waals surface area (Å²) in [4.78, 5) is 18.7. The first kappa shape index (κ1) is 19.6. The molecule has 0 radical (unpaired) electrons. The van der Waals surface area contributed by atoms with Crippen molar-refractivity contribution in [1.82, 2.24) is 10.3 Å². The lowest BCUT2D eigenvalue weighted by molar-refractivity contribution is 0.0955. The summed E-state index contributed by atoms with van der Waals surface area (Å²) < 4.78 is 26.3. The minimum absolute atomic E-state index is 0.177. The first-order chi connectivity index (χ1) is 13.9. The maximum Gasteiger partial charge on any atom is 0.261 e. The van der Waals surface area contributed by atoms with Gasteiger partial charge in [-0.3, -0.25) is 9.52 Å². The van der Waals surface area contributed by atoms with E-state index in [0.717, 1.165) is 31.9 Å². The van der Waals surface area contributed by atoms with Crippen molar-refractivity contribution in [2.45, 2.75) is 6.54 Å². The highest BCUT2D eigenvalue weighted by atomic mass is 32.2. The average molecular weight is 444 g/mol. The zero-order valence-electron chi connectivity index (χ0n) is 15.4. The van der Waals surface area contributed by atoms with Crippen molar-refractivity contribution < 1.29 is 13.2 Å². The Morgan fingerprint density at radius 1 is 1.03 bits per heavy atom. The van der Waals surface area contributed by atoms with Crippen LogP contribution in [-0.4, -0.2) is 25.6 Å².